The molecule has 0 aliphatic carbocycles. The Morgan fingerprint density at radius 3 is 2.73 bits per heavy atom. The number of aliphatic hydroxyl groups is 1. The molecule has 0 fully saturated rings. The average Bonchev–Trinajstić information content (AvgIpc) is 1.99. The van der Waals surface area contributed by atoms with E-state index in [1.165, 1.54) is 18.4 Å². The van der Waals surface area contributed by atoms with Crippen molar-refractivity contribution in [3.05, 3.63) is 24.3 Å². The van der Waals surface area contributed by atoms with E-state index in [1.54, 1.807) is 0 Å². The standard InChI is InChI=1S/C10H18O/c1-3-4-5-6-7-10(2)8-9-11/h3,8,11H,1,4-7,9H2,2H3/b10-8+. The second kappa shape index (κ2) is 7.55. The van der Waals surface area contributed by atoms with Crippen molar-refractivity contribution in [2.45, 2.75) is 32.6 Å². The maximum absolute atomic E-state index is 8.55. The highest BCUT2D eigenvalue weighted by Crippen LogP contribution is 2.07. The predicted molar refractivity (Wildman–Crippen MR) is 49.5 cm³/mol. The van der Waals surface area contributed by atoms with Gasteiger partial charge in [-0.05, 0) is 32.6 Å². The lowest BCUT2D eigenvalue weighted by Gasteiger charge is -1.98. The van der Waals surface area contributed by atoms with E-state index < -0.39 is 0 Å². The fourth-order valence-corrected chi connectivity index (χ4v) is 0.950. The highest BCUT2D eigenvalue weighted by molar-refractivity contribution is 4.97. The summed E-state index contributed by atoms with van der Waals surface area (Å²) in [5.41, 5.74) is 1.29. The maximum atomic E-state index is 8.55. The molecule has 1 nitrogen and oxygen atoms in total. The molecule has 0 atom stereocenters. The first-order chi connectivity index (χ1) is 5.31. The van der Waals surface area contributed by atoms with Crippen LogP contribution in [0.2, 0.25) is 0 Å². The van der Waals surface area contributed by atoms with E-state index in [1.807, 2.05) is 12.2 Å². The largest absolute Gasteiger partial charge is 0.392 e. The average molecular weight is 154 g/mol. The Balaban J connectivity index is 3.23. The van der Waals surface area contributed by atoms with Gasteiger partial charge in [0.25, 0.3) is 0 Å². The van der Waals surface area contributed by atoms with Crippen LogP contribution in [0, 0.1) is 0 Å². The van der Waals surface area contributed by atoms with Crippen molar-refractivity contribution in [3.8, 4) is 0 Å². The number of aliphatic hydroxyl groups excluding tert-OH is 1. The molecular weight excluding hydrogens is 136 g/mol. The van der Waals surface area contributed by atoms with Crippen molar-refractivity contribution >= 4 is 0 Å². The zero-order chi connectivity index (χ0) is 8.53. The van der Waals surface area contributed by atoms with E-state index in [2.05, 4.69) is 13.5 Å². The topological polar surface area (TPSA) is 20.2 Å². The van der Waals surface area contributed by atoms with Crippen molar-refractivity contribution in [2.75, 3.05) is 6.61 Å². The molecule has 0 saturated carbocycles. The molecule has 0 heterocycles. The lowest BCUT2D eigenvalue weighted by molar-refractivity contribution is 0.341. The molecule has 0 unspecified atom stereocenters. The Morgan fingerprint density at radius 2 is 2.18 bits per heavy atom. The van der Waals surface area contributed by atoms with E-state index in [9.17, 15) is 0 Å². The van der Waals surface area contributed by atoms with Crippen molar-refractivity contribution in [2.24, 2.45) is 0 Å². The first-order valence-corrected chi connectivity index (χ1v) is 4.18. The summed E-state index contributed by atoms with van der Waals surface area (Å²) in [7, 11) is 0. The zero-order valence-electron chi connectivity index (χ0n) is 7.34. The SMILES string of the molecule is C=CCCCC/C(C)=C/CO. The summed E-state index contributed by atoms with van der Waals surface area (Å²) in [6.07, 6.45) is 8.44. The van der Waals surface area contributed by atoms with E-state index in [0.29, 0.717) is 0 Å². The third kappa shape index (κ3) is 7.34. The Kier molecular flexibility index (Phi) is 7.16. The lowest BCUT2D eigenvalue weighted by Crippen LogP contribution is -1.81. The van der Waals surface area contributed by atoms with Gasteiger partial charge in [-0.1, -0.05) is 17.7 Å². The number of rotatable bonds is 6. The minimum Gasteiger partial charge on any atom is -0.392 e. The fourth-order valence-electron chi connectivity index (χ4n) is 0.950. The summed E-state index contributed by atoms with van der Waals surface area (Å²) in [5.74, 6) is 0. The minimum atomic E-state index is 0.174. The molecule has 64 valence electrons. The summed E-state index contributed by atoms with van der Waals surface area (Å²) in [6.45, 7) is 5.89. The molecule has 1 N–H and O–H groups in total. The summed E-state index contributed by atoms with van der Waals surface area (Å²) in [6, 6.07) is 0. The van der Waals surface area contributed by atoms with Crippen LogP contribution in [0.4, 0.5) is 0 Å². The molecule has 0 aromatic carbocycles. The van der Waals surface area contributed by atoms with Crippen molar-refractivity contribution in [1.29, 1.82) is 0 Å². The molecule has 11 heavy (non-hydrogen) atoms. The molecular formula is C10H18O. The van der Waals surface area contributed by atoms with Gasteiger partial charge in [0.15, 0.2) is 0 Å². The number of hydrogen-bond acceptors (Lipinski definition) is 1. The monoisotopic (exact) mass is 154 g/mol. The number of unbranched alkanes of at least 4 members (excludes halogenated alkanes) is 2. The van der Waals surface area contributed by atoms with Crippen LogP contribution in [0.25, 0.3) is 0 Å². The van der Waals surface area contributed by atoms with Gasteiger partial charge in [0, 0.05) is 0 Å². The van der Waals surface area contributed by atoms with Crippen LogP contribution in [0.1, 0.15) is 32.6 Å². The molecule has 0 rings (SSSR count). The molecule has 0 spiro atoms. The molecule has 1 heteroatoms. The number of allylic oxidation sites excluding steroid dienone is 2. The molecule has 0 aromatic heterocycles. The summed E-state index contributed by atoms with van der Waals surface area (Å²) in [4.78, 5) is 0. The number of hydrogen-bond donors (Lipinski definition) is 1. The van der Waals surface area contributed by atoms with E-state index in [-0.39, 0.29) is 6.61 Å². The van der Waals surface area contributed by atoms with Crippen molar-refractivity contribution in [1.82, 2.24) is 0 Å². The first-order valence-electron chi connectivity index (χ1n) is 4.18. The first kappa shape index (κ1) is 10.4. The third-order valence-electron chi connectivity index (χ3n) is 1.67. The van der Waals surface area contributed by atoms with Gasteiger partial charge in [0.05, 0.1) is 6.61 Å². The summed E-state index contributed by atoms with van der Waals surface area (Å²) >= 11 is 0. The highest BCUT2D eigenvalue weighted by Gasteiger charge is 1.88. The molecule has 0 amide bonds. The summed E-state index contributed by atoms with van der Waals surface area (Å²) in [5, 5.41) is 8.55. The van der Waals surface area contributed by atoms with Crippen LogP contribution < -0.4 is 0 Å². The summed E-state index contributed by atoms with van der Waals surface area (Å²) < 4.78 is 0. The van der Waals surface area contributed by atoms with Gasteiger partial charge in [0.1, 0.15) is 0 Å². The molecule has 0 saturated heterocycles. The molecule has 0 radical (unpaired) electrons. The van der Waals surface area contributed by atoms with E-state index in [0.717, 1.165) is 12.8 Å². The van der Waals surface area contributed by atoms with Crippen LogP contribution in [0.15, 0.2) is 24.3 Å². The van der Waals surface area contributed by atoms with Crippen LogP contribution in [-0.2, 0) is 0 Å². The third-order valence-corrected chi connectivity index (χ3v) is 1.67. The Labute approximate surface area is 69.4 Å². The van der Waals surface area contributed by atoms with Gasteiger partial charge < -0.3 is 5.11 Å². The lowest BCUT2D eigenvalue weighted by atomic mass is 10.1. The maximum Gasteiger partial charge on any atom is 0.0614 e. The van der Waals surface area contributed by atoms with Crippen LogP contribution in [-0.4, -0.2) is 11.7 Å². The Hall–Kier alpha value is -0.560. The van der Waals surface area contributed by atoms with Gasteiger partial charge in [-0.3, -0.25) is 0 Å². The van der Waals surface area contributed by atoms with Gasteiger partial charge in [-0.2, -0.15) is 0 Å². The smallest absolute Gasteiger partial charge is 0.0614 e. The quantitative estimate of drug-likeness (QED) is 0.460. The molecule has 0 aliphatic heterocycles. The van der Waals surface area contributed by atoms with Gasteiger partial charge in [0.2, 0.25) is 0 Å². The fraction of sp³-hybridized carbons (Fsp3) is 0.600. The van der Waals surface area contributed by atoms with Crippen molar-refractivity contribution in [3.63, 3.8) is 0 Å². The van der Waals surface area contributed by atoms with E-state index >= 15 is 0 Å². The van der Waals surface area contributed by atoms with Crippen molar-refractivity contribution < 1.29 is 5.11 Å². The second-order valence-corrected chi connectivity index (χ2v) is 2.77. The minimum absolute atomic E-state index is 0.174. The van der Waals surface area contributed by atoms with Crippen LogP contribution in [0.5, 0.6) is 0 Å². The van der Waals surface area contributed by atoms with Gasteiger partial charge in [-0.15, -0.1) is 6.58 Å². The van der Waals surface area contributed by atoms with Gasteiger partial charge >= 0.3 is 0 Å². The second-order valence-electron chi connectivity index (χ2n) is 2.77. The normalized spacial score (nSPS) is 11.6. The molecule has 0 aliphatic rings. The van der Waals surface area contributed by atoms with E-state index in [4.69, 9.17) is 5.11 Å². The molecule has 0 bridgehead atoms. The Morgan fingerprint density at radius 1 is 1.45 bits per heavy atom. The zero-order valence-corrected chi connectivity index (χ0v) is 7.34. The van der Waals surface area contributed by atoms with Crippen LogP contribution in [0.3, 0.4) is 0 Å². The van der Waals surface area contributed by atoms with Crippen LogP contribution >= 0.6 is 0 Å². The Bertz CT molecular complexity index is 125. The van der Waals surface area contributed by atoms with Gasteiger partial charge in [-0.25, -0.2) is 0 Å². The highest BCUT2D eigenvalue weighted by atomic mass is 16.2. The predicted octanol–water partition coefficient (Wildman–Crippen LogP) is 2.67. The molecule has 0 aromatic rings.